The lowest BCUT2D eigenvalue weighted by Crippen LogP contribution is -2.43. The SMILES string of the molecule is O=C1CC2C(CCC3CCCCC32)C2=CC=CC12. The van der Waals surface area contributed by atoms with Gasteiger partial charge in [0, 0.05) is 6.42 Å². The van der Waals surface area contributed by atoms with E-state index >= 15 is 0 Å². The molecule has 1 nitrogen and oxygen atoms in total. The van der Waals surface area contributed by atoms with Crippen LogP contribution >= 0.6 is 0 Å². The fourth-order valence-corrected chi connectivity index (χ4v) is 5.27. The second-order valence-corrected chi connectivity index (χ2v) is 6.76. The Balaban J connectivity index is 1.65. The van der Waals surface area contributed by atoms with Gasteiger partial charge in [-0.1, -0.05) is 43.1 Å². The van der Waals surface area contributed by atoms with Crippen LogP contribution in [0.4, 0.5) is 0 Å². The summed E-state index contributed by atoms with van der Waals surface area (Å²) in [5, 5.41) is 0. The molecule has 5 unspecified atom stereocenters. The van der Waals surface area contributed by atoms with Crippen molar-refractivity contribution in [3.8, 4) is 0 Å². The summed E-state index contributed by atoms with van der Waals surface area (Å²) >= 11 is 0. The Kier molecular flexibility index (Phi) is 2.50. The van der Waals surface area contributed by atoms with Crippen LogP contribution in [-0.4, -0.2) is 5.78 Å². The third-order valence-corrected chi connectivity index (χ3v) is 6.05. The molecule has 0 saturated heterocycles. The minimum Gasteiger partial charge on any atom is -0.299 e. The summed E-state index contributed by atoms with van der Waals surface area (Å²) in [4.78, 5) is 12.3. The quantitative estimate of drug-likeness (QED) is 0.629. The van der Waals surface area contributed by atoms with E-state index in [9.17, 15) is 4.79 Å². The van der Waals surface area contributed by atoms with Gasteiger partial charge in [0.25, 0.3) is 0 Å². The highest BCUT2D eigenvalue weighted by atomic mass is 16.1. The maximum absolute atomic E-state index is 12.3. The van der Waals surface area contributed by atoms with E-state index in [0.29, 0.717) is 11.7 Å². The van der Waals surface area contributed by atoms with Crippen molar-refractivity contribution in [3.63, 3.8) is 0 Å². The molecule has 0 radical (unpaired) electrons. The standard InChI is InChI=1S/C17H22O/c18-17-10-16-12-5-2-1-4-11(12)8-9-14(16)13-6-3-7-15(13)17/h3,6-7,11-12,14-16H,1-2,4-5,8-10H2. The van der Waals surface area contributed by atoms with E-state index < -0.39 is 0 Å². The van der Waals surface area contributed by atoms with Gasteiger partial charge in [-0.3, -0.25) is 4.79 Å². The minimum absolute atomic E-state index is 0.173. The van der Waals surface area contributed by atoms with Gasteiger partial charge in [-0.2, -0.15) is 0 Å². The number of carbonyl (C=O) groups is 1. The number of ketones is 1. The molecule has 0 heterocycles. The third kappa shape index (κ3) is 1.49. The molecule has 3 fully saturated rings. The summed E-state index contributed by atoms with van der Waals surface area (Å²) in [5.74, 6) is 3.91. The predicted octanol–water partition coefficient (Wildman–Crippen LogP) is 3.90. The van der Waals surface area contributed by atoms with Crippen LogP contribution in [-0.2, 0) is 4.79 Å². The van der Waals surface area contributed by atoms with Crippen LogP contribution in [0.1, 0.15) is 44.9 Å². The number of carbonyl (C=O) groups excluding carboxylic acids is 1. The van der Waals surface area contributed by atoms with Crippen LogP contribution < -0.4 is 0 Å². The number of Topliss-reactive ketones (excluding diaryl/α,β-unsaturated/α-hetero) is 1. The van der Waals surface area contributed by atoms with Crippen LogP contribution in [0.25, 0.3) is 0 Å². The molecule has 0 amide bonds. The molecule has 4 aliphatic carbocycles. The number of allylic oxidation sites excluding steroid dienone is 4. The van der Waals surface area contributed by atoms with E-state index in [1.807, 2.05) is 0 Å². The van der Waals surface area contributed by atoms with Crippen molar-refractivity contribution in [1.82, 2.24) is 0 Å². The Morgan fingerprint density at radius 2 is 1.89 bits per heavy atom. The fourth-order valence-electron chi connectivity index (χ4n) is 5.27. The molecule has 5 atom stereocenters. The van der Waals surface area contributed by atoms with Crippen molar-refractivity contribution < 1.29 is 4.79 Å². The van der Waals surface area contributed by atoms with E-state index in [2.05, 4.69) is 18.2 Å². The number of hydrogen-bond donors (Lipinski definition) is 0. The van der Waals surface area contributed by atoms with Crippen LogP contribution in [0.3, 0.4) is 0 Å². The fraction of sp³-hybridized carbons (Fsp3) is 0.706. The highest BCUT2D eigenvalue weighted by molar-refractivity contribution is 5.88. The lowest BCUT2D eigenvalue weighted by Gasteiger charge is -2.49. The molecule has 0 aromatic heterocycles. The molecule has 0 aromatic rings. The average molecular weight is 242 g/mol. The zero-order valence-electron chi connectivity index (χ0n) is 11.0. The van der Waals surface area contributed by atoms with E-state index in [-0.39, 0.29) is 5.92 Å². The van der Waals surface area contributed by atoms with Gasteiger partial charge in [0.05, 0.1) is 5.92 Å². The molecule has 96 valence electrons. The van der Waals surface area contributed by atoms with Crippen LogP contribution in [0.5, 0.6) is 0 Å². The van der Waals surface area contributed by atoms with Crippen molar-refractivity contribution in [3.05, 3.63) is 23.8 Å². The average Bonchev–Trinajstić information content (AvgIpc) is 2.89. The second-order valence-electron chi connectivity index (χ2n) is 6.76. The van der Waals surface area contributed by atoms with Crippen molar-refractivity contribution in [2.75, 3.05) is 0 Å². The molecule has 4 aliphatic rings. The topological polar surface area (TPSA) is 17.1 Å². The summed E-state index contributed by atoms with van der Waals surface area (Å²) in [5.41, 5.74) is 1.47. The molecule has 4 rings (SSSR count). The monoisotopic (exact) mass is 242 g/mol. The first-order chi connectivity index (χ1) is 8.84. The van der Waals surface area contributed by atoms with E-state index in [1.54, 1.807) is 0 Å². The number of fused-ring (bicyclic) bond motifs is 5. The van der Waals surface area contributed by atoms with Gasteiger partial charge >= 0.3 is 0 Å². The highest BCUT2D eigenvalue weighted by Gasteiger charge is 2.47. The Bertz CT molecular complexity index is 431. The predicted molar refractivity (Wildman–Crippen MR) is 72.0 cm³/mol. The number of rotatable bonds is 0. The van der Waals surface area contributed by atoms with E-state index in [1.165, 1.54) is 44.1 Å². The molecule has 0 N–H and O–H groups in total. The molecule has 0 aliphatic heterocycles. The summed E-state index contributed by atoms with van der Waals surface area (Å²) in [7, 11) is 0. The molecule has 18 heavy (non-hydrogen) atoms. The van der Waals surface area contributed by atoms with Gasteiger partial charge < -0.3 is 0 Å². The Morgan fingerprint density at radius 1 is 1.00 bits per heavy atom. The Labute approximate surface area is 109 Å². The van der Waals surface area contributed by atoms with Crippen LogP contribution in [0.15, 0.2) is 23.8 Å². The van der Waals surface area contributed by atoms with Gasteiger partial charge in [0.1, 0.15) is 5.78 Å². The summed E-state index contributed by atoms with van der Waals surface area (Å²) in [6.07, 6.45) is 15.8. The minimum atomic E-state index is 0.173. The summed E-state index contributed by atoms with van der Waals surface area (Å²) in [6.45, 7) is 0. The van der Waals surface area contributed by atoms with Gasteiger partial charge in [-0.15, -0.1) is 0 Å². The molecular formula is C17H22O. The molecule has 0 aromatic carbocycles. The Morgan fingerprint density at radius 3 is 2.83 bits per heavy atom. The van der Waals surface area contributed by atoms with Gasteiger partial charge in [0.2, 0.25) is 0 Å². The molecule has 1 heteroatoms. The first kappa shape index (κ1) is 11.0. The molecular weight excluding hydrogens is 220 g/mol. The first-order valence-corrected chi connectivity index (χ1v) is 7.75. The van der Waals surface area contributed by atoms with Crippen molar-refractivity contribution in [2.24, 2.45) is 29.6 Å². The van der Waals surface area contributed by atoms with Gasteiger partial charge in [0.15, 0.2) is 0 Å². The third-order valence-electron chi connectivity index (χ3n) is 6.05. The summed E-state index contributed by atoms with van der Waals surface area (Å²) in [6, 6.07) is 0. The van der Waals surface area contributed by atoms with E-state index in [0.717, 1.165) is 24.2 Å². The lowest BCUT2D eigenvalue weighted by molar-refractivity contribution is -0.125. The van der Waals surface area contributed by atoms with Crippen molar-refractivity contribution in [1.29, 1.82) is 0 Å². The second kappa shape index (κ2) is 4.08. The van der Waals surface area contributed by atoms with Crippen LogP contribution in [0, 0.1) is 29.6 Å². The van der Waals surface area contributed by atoms with Crippen LogP contribution in [0.2, 0.25) is 0 Å². The largest absolute Gasteiger partial charge is 0.299 e. The Hall–Kier alpha value is -0.850. The zero-order valence-corrected chi connectivity index (χ0v) is 11.0. The van der Waals surface area contributed by atoms with Crippen molar-refractivity contribution in [2.45, 2.75) is 44.9 Å². The molecule has 3 saturated carbocycles. The van der Waals surface area contributed by atoms with E-state index in [4.69, 9.17) is 0 Å². The maximum atomic E-state index is 12.3. The lowest BCUT2D eigenvalue weighted by atomic mass is 9.55. The maximum Gasteiger partial charge on any atom is 0.144 e. The zero-order chi connectivity index (χ0) is 12.1. The number of hydrogen-bond acceptors (Lipinski definition) is 1. The molecule has 0 spiro atoms. The molecule has 0 bridgehead atoms. The summed E-state index contributed by atoms with van der Waals surface area (Å²) < 4.78 is 0. The normalized spacial score (nSPS) is 46.1. The van der Waals surface area contributed by atoms with Gasteiger partial charge in [-0.05, 0) is 42.9 Å². The smallest absolute Gasteiger partial charge is 0.144 e. The first-order valence-electron chi connectivity index (χ1n) is 7.75. The van der Waals surface area contributed by atoms with Gasteiger partial charge in [-0.25, -0.2) is 0 Å². The highest BCUT2D eigenvalue weighted by Crippen LogP contribution is 2.54. The van der Waals surface area contributed by atoms with Crippen molar-refractivity contribution >= 4 is 5.78 Å².